The molecule has 19 heavy (non-hydrogen) atoms. The van der Waals surface area contributed by atoms with Gasteiger partial charge in [-0.05, 0) is 24.8 Å². The van der Waals surface area contributed by atoms with Gasteiger partial charge in [-0.3, -0.25) is 9.48 Å². The highest BCUT2D eigenvalue weighted by molar-refractivity contribution is 5.80. The average molecular weight is 262 g/mol. The van der Waals surface area contributed by atoms with Gasteiger partial charge >= 0.3 is 0 Å². The van der Waals surface area contributed by atoms with Gasteiger partial charge in [0.05, 0.1) is 12.1 Å². The molecule has 0 bridgehead atoms. The van der Waals surface area contributed by atoms with Crippen molar-refractivity contribution in [2.24, 2.45) is 13.0 Å². The number of aromatic nitrogens is 2. The molecule has 5 nitrogen and oxygen atoms in total. The Morgan fingerprint density at radius 1 is 1.47 bits per heavy atom. The maximum atomic E-state index is 12.6. The fourth-order valence-corrected chi connectivity index (χ4v) is 3.14. The van der Waals surface area contributed by atoms with Crippen molar-refractivity contribution in [2.75, 3.05) is 20.1 Å². The second kappa shape index (κ2) is 4.96. The topological polar surface area (TPSA) is 50.2 Å². The van der Waals surface area contributed by atoms with Crippen LogP contribution in [0.2, 0.25) is 0 Å². The van der Waals surface area contributed by atoms with Crippen LogP contribution in [0.15, 0.2) is 12.4 Å². The van der Waals surface area contributed by atoms with Crippen molar-refractivity contribution < 1.29 is 4.79 Å². The van der Waals surface area contributed by atoms with Crippen LogP contribution in [0.25, 0.3) is 0 Å². The fraction of sp³-hybridized carbons (Fsp3) is 0.714. The molecule has 1 aromatic rings. The molecule has 0 radical (unpaired) electrons. The summed E-state index contributed by atoms with van der Waals surface area (Å²) in [6.45, 7) is 1.66. The van der Waals surface area contributed by atoms with Crippen molar-refractivity contribution in [2.45, 2.75) is 31.2 Å². The van der Waals surface area contributed by atoms with Gasteiger partial charge in [-0.1, -0.05) is 0 Å². The van der Waals surface area contributed by atoms with Gasteiger partial charge in [-0.2, -0.15) is 5.10 Å². The van der Waals surface area contributed by atoms with Crippen LogP contribution in [0.3, 0.4) is 0 Å². The van der Waals surface area contributed by atoms with Crippen LogP contribution in [0, 0.1) is 5.92 Å². The summed E-state index contributed by atoms with van der Waals surface area (Å²) in [5.41, 5.74) is 1.17. The molecule has 104 valence electrons. The van der Waals surface area contributed by atoms with Crippen LogP contribution in [0.4, 0.5) is 0 Å². The Kier molecular flexibility index (Phi) is 3.31. The molecule has 1 aliphatic carbocycles. The van der Waals surface area contributed by atoms with Crippen molar-refractivity contribution in [3.05, 3.63) is 18.0 Å². The van der Waals surface area contributed by atoms with E-state index >= 15 is 0 Å². The first-order chi connectivity index (χ1) is 9.16. The maximum absolute atomic E-state index is 12.6. The molecule has 2 heterocycles. The molecule has 2 fully saturated rings. The van der Waals surface area contributed by atoms with E-state index in [1.54, 1.807) is 0 Å². The summed E-state index contributed by atoms with van der Waals surface area (Å²) in [4.78, 5) is 14.6. The molecule has 1 aromatic heterocycles. The molecular weight excluding hydrogens is 240 g/mol. The molecule has 2 aliphatic rings. The third kappa shape index (κ3) is 2.27. The monoisotopic (exact) mass is 262 g/mol. The van der Waals surface area contributed by atoms with Gasteiger partial charge in [0.1, 0.15) is 0 Å². The van der Waals surface area contributed by atoms with Gasteiger partial charge in [0.2, 0.25) is 5.91 Å². The summed E-state index contributed by atoms with van der Waals surface area (Å²) in [5.74, 6) is 0.627. The minimum atomic E-state index is 0.0646. The van der Waals surface area contributed by atoms with E-state index in [0.29, 0.717) is 11.9 Å². The minimum Gasteiger partial charge on any atom is -0.342 e. The first-order valence-corrected chi connectivity index (χ1v) is 7.12. The van der Waals surface area contributed by atoms with E-state index in [1.165, 1.54) is 24.8 Å². The van der Waals surface area contributed by atoms with Crippen molar-refractivity contribution in [3.8, 4) is 0 Å². The van der Waals surface area contributed by atoms with Gasteiger partial charge in [0.15, 0.2) is 0 Å². The number of hydrogen-bond donors (Lipinski definition) is 1. The number of nitrogens with one attached hydrogen (secondary N) is 1. The lowest BCUT2D eigenvalue weighted by atomic mass is 9.87. The van der Waals surface area contributed by atoms with Gasteiger partial charge < -0.3 is 10.2 Å². The molecular formula is C14H22N4O. The van der Waals surface area contributed by atoms with E-state index in [9.17, 15) is 4.79 Å². The lowest BCUT2D eigenvalue weighted by Gasteiger charge is -2.36. The number of rotatable bonds is 3. The number of aryl methyl sites for hydroxylation is 1. The van der Waals surface area contributed by atoms with E-state index in [4.69, 9.17) is 0 Å². The number of carbonyl (C=O) groups is 1. The van der Waals surface area contributed by atoms with E-state index in [0.717, 1.165) is 13.1 Å². The van der Waals surface area contributed by atoms with Crippen molar-refractivity contribution in [1.29, 1.82) is 0 Å². The highest BCUT2D eigenvalue weighted by Crippen LogP contribution is 2.32. The summed E-state index contributed by atoms with van der Waals surface area (Å²) in [5, 5.41) is 7.58. The Morgan fingerprint density at radius 2 is 2.26 bits per heavy atom. The molecule has 0 aromatic carbocycles. The van der Waals surface area contributed by atoms with Crippen LogP contribution < -0.4 is 5.32 Å². The van der Waals surface area contributed by atoms with Crippen molar-refractivity contribution in [1.82, 2.24) is 20.0 Å². The van der Waals surface area contributed by atoms with Gasteiger partial charge in [-0.25, -0.2) is 0 Å². The normalized spacial score (nSPS) is 27.3. The zero-order valence-corrected chi connectivity index (χ0v) is 11.7. The molecule has 5 heteroatoms. The molecule has 0 spiro atoms. The fourth-order valence-electron chi connectivity index (χ4n) is 3.14. The predicted octanol–water partition coefficient (Wildman–Crippen LogP) is 0.734. The largest absolute Gasteiger partial charge is 0.342 e. The molecule has 1 saturated carbocycles. The van der Waals surface area contributed by atoms with E-state index in [-0.39, 0.29) is 11.8 Å². The predicted molar refractivity (Wildman–Crippen MR) is 72.7 cm³/mol. The summed E-state index contributed by atoms with van der Waals surface area (Å²) < 4.78 is 1.81. The highest BCUT2D eigenvalue weighted by Gasteiger charge is 2.38. The van der Waals surface area contributed by atoms with E-state index in [1.807, 2.05) is 36.1 Å². The van der Waals surface area contributed by atoms with Crippen molar-refractivity contribution >= 4 is 5.91 Å². The zero-order chi connectivity index (χ0) is 13.4. The van der Waals surface area contributed by atoms with Crippen LogP contribution in [0.5, 0.6) is 0 Å². The average Bonchev–Trinajstić information content (AvgIpc) is 2.93. The number of nitrogens with zero attached hydrogens (tertiary/aromatic N) is 3. The Morgan fingerprint density at radius 3 is 2.84 bits per heavy atom. The molecule has 0 unspecified atom stereocenters. The first-order valence-electron chi connectivity index (χ1n) is 7.12. The van der Waals surface area contributed by atoms with Crippen LogP contribution in [-0.4, -0.2) is 46.8 Å². The Hall–Kier alpha value is -1.36. The van der Waals surface area contributed by atoms with Crippen LogP contribution >= 0.6 is 0 Å². The third-order valence-electron chi connectivity index (χ3n) is 4.65. The minimum absolute atomic E-state index is 0.0646. The lowest BCUT2D eigenvalue weighted by molar-refractivity contribution is -0.137. The number of hydrogen-bond acceptors (Lipinski definition) is 3. The van der Waals surface area contributed by atoms with Crippen LogP contribution in [-0.2, 0) is 11.8 Å². The second-order valence-electron chi connectivity index (χ2n) is 5.85. The summed E-state index contributed by atoms with van der Waals surface area (Å²) in [6.07, 6.45) is 7.51. The van der Waals surface area contributed by atoms with Crippen LogP contribution in [0.1, 0.15) is 30.7 Å². The molecule has 1 N–H and O–H groups in total. The summed E-state index contributed by atoms with van der Waals surface area (Å²) in [7, 11) is 3.88. The molecule has 3 rings (SSSR count). The van der Waals surface area contributed by atoms with Gasteiger partial charge in [0, 0.05) is 45.3 Å². The van der Waals surface area contributed by atoms with E-state index in [2.05, 4.69) is 10.4 Å². The van der Waals surface area contributed by atoms with Crippen molar-refractivity contribution in [3.63, 3.8) is 0 Å². The highest BCUT2D eigenvalue weighted by atomic mass is 16.2. The Labute approximate surface area is 114 Å². The summed E-state index contributed by atoms with van der Waals surface area (Å²) in [6, 6.07) is 0.475. The lowest BCUT2D eigenvalue weighted by Crippen LogP contribution is -2.45. The third-order valence-corrected chi connectivity index (χ3v) is 4.65. The Balaban J connectivity index is 1.73. The number of carbonyl (C=O) groups excluding carboxylic acids is 1. The Bertz CT molecular complexity index is 466. The van der Waals surface area contributed by atoms with Gasteiger partial charge in [-0.15, -0.1) is 0 Å². The first kappa shape index (κ1) is 12.7. The second-order valence-corrected chi connectivity index (χ2v) is 5.85. The SMILES string of the molecule is CN(C(=O)[C@H]1CNC[C@@H]1c1cnn(C)c1)C1CCC1. The quantitative estimate of drug-likeness (QED) is 0.874. The standard InChI is InChI=1S/C14H22N4O/c1-17-9-10(6-16-17)12-7-15-8-13(12)14(19)18(2)11-4-3-5-11/h6,9,11-13,15H,3-5,7-8H2,1-2H3/t12-,13+/m1/s1. The maximum Gasteiger partial charge on any atom is 0.227 e. The molecule has 1 aliphatic heterocycles. The molecule has 1 saturated heterocycles. The van der Waals surface area contributed by atoms with E-state index < -0.39 is 0 Å². The molecule has 1 amide bonds. The zero-order valence-electron chi connectivity index (χ0n) is 11.7. The smallest absolute Gasteiger partial charge is 0.227 e. The molecule has 2 atom stereocenters. The summed E-state index contributed by atoms with van der Waals surface area (Å²) >= 11 is 0. The van der Waals surface area contributed by atoms with Gasteiger partial charge in [0.25, 0.3) is 0 Å². The number of amides is 1.